The number of hydrogen-bond acceptors (Lipinski definition) is 4. The highest BCUT2D eigenvalue weighted by molar-refractivity contribution is 5.96. The van der Waals surface area contributed by atoms with Crippen molar-refractivity contribution in [3.8, 4) is 16.8 Å². The lowest BCUT2D eigenvalue weighted by Crippen LogP contribution is -2.54. The highest BCUT2D eigenvalue weighted by Gasteiger charge is 2.48. The molecule has 0 radical (unpaired) electrons. The van der Waals surface area contributed by atoms with Crippen LogP contribution in [0.3, 0.4) is 0 Å². The molecule has 0 aliphatic heterocycles. The van der Waals surface area contributed by atoms with E-state index in [2.05, 4.69) is 20.8 Å². The van der Waals surface area contributed by atoms with Crippen molar-refractivity contribution in [2.24, 2.45) is 0 Å². The molecule has 32 heavy (non-hydrogen) atoms. The zero-order valence-corrected chi connectivity index (χ0v) is 18.9. The fourth-order valence-electron chi connectivity index (χ4n) is 3.03. The molecule has 0 fully saturated rings. The summed E-state index contributed by atoms with van der Waals surface area (Å²) in [6.45, 7) is 9.63. The number of alkyl halides is 3. The highest BCUT2D eigenvalue weighted by Crippen LogP contribution is 2.31. The standard InChI is InChI=1S/C23H26F3N5O/c1-14-7-9-15(10-8-14)16-11-17(19(32)27-22(5,6)23(24,25)26)13-18(12-16)31-20(21(2,3)4)28-29-30-31/h7-13H,1-6H3,(H,27,32). The number of nitrogens with one attached hydrogen (secondary N) is 1. The summed E-state index contributed by atoms with van der Waals surface area (Å²) in [5.41, 5.74) is 0.295. The number of carbonyl (C=O) groups excluding carboxylic acids is 1. The van der Waals surface area contributed by atoms with Gasteiger partial charge < -0.3 is 5.32 Å². The van der Waals surface area contributed by atoms with Gasteiger partial charge in [-0.2, -0.15) is 17.9 Å². The summed E-state index contributed by atoms with van der Waals surface area (Å²) in [5.74, 6) is -0.284. The van der Waals surface area contributed by atoms with Crippen LogP contribution in [0.4, 0.5) is 13.2 Å². The summed E-state index contributed by atoms with van der Waals surface area (Å²) in [5, 5.41) is 14.0. The molecule has 0 unspecified atom stereocenters. The fourth-order valence-corrected chi connectivity index (χ4v) is 3.03. The van der Waals surface area contributed by atoms with Gasteiger partial charge in [-0.3, -0.25) is 4.79 Å². The number of carbonyl (C=O) groups is 1. The van der Waals surface area contributed by atoms with Gasteiger partial charge >= 0.3 is 6.18 Å². The van der Waals surface area contributed by atoms with Crippen molar-refractivity contribution in [3.05, 3.63) is 59.4 Å². The molecule has 1 aromatic heterocycles. The van der Waals surface area contributed by atoms with Crippen LogP contribution in [0.2, 0.25) is 0 Å². The summed E-state index contributed by atoms with van der Waals surface area (Å²) >= 11 is 0. The van der Waals surface area contributed by atoms with Crippen molar-refractivity contribution in [1.29, 1.82) is 0 Å². The summed E-state index contributed by atoms with van der Waals surface area (Å²) in [4.78, 5) is 12.9. The van der Waals surface area contributed by atoms with E-state index in [-0.39, 0.29) is 5.56 Å². The number of aromatic nitrogens is 4. The monoisotopic (exact) mass is 445 g/mol. The Morgan fingerprint density at radius 1 is 0.938 bits per heavy atom. The van der Waals surface area contributed by atoms with E-state index in [1.807, 2.05) is 58.0 Å². The zero-order valence-electron chi connectivity index (χ0n) is 18.9. The van der Waals surface area contributed by atoms with Crippen molar-refractivity contribution < 1.29 is 18.0 Å². The molecule has 3 rings (SSSR count). The number of halogens is 3. The SMILES string of the molecule is Cc1ccc(-c2cc(C(=O)NC(C)(C)C(F)(F)F)cc(-n3nnnc3C(C)(C)C)c2)cc1. The van der Waals surface area contributed by atoms with Gasteiger partial charge in [-0.05, 0) is 60.5 Å². The maximum absolute atomic E-state index is 13.3. The van der Waals surface area contributed by atoms with Gasteiger partial charge in [0.25, 0.3) is 5.91 Å². The summed E-state index contributed by atoms with van der Waals surface area (Å²) < 4.78 is 41.5. The van der Waals surface area contributed by atoms with Gasteiger partial charge in [-0.25, -0.2) is 0 Å². The quantitative estimate of drug-likeness (QED) is 0.613. The molecular formula is C23H26F3N5O. The minimum absolute atomic E-state index is 0.0748. The van der Waals surface area contributed by atoms with Gasteiger partial charge in [-0.15, -0.1) is 5.10 Å². The average molecular weight is 445 g/mol. The molecule has 1 amide bonds. The molecule has 6 nitrogen and oxygen atoms in total. The minimum Gasteiger partial charge on any atom is -0.338 e. The second-order valence-corrected chi connectivity index (χ2v) is 9.38. The molecule has 2 aromatic carbocycles. The average Bonchev–Trinajstić information content (AvgIpc) is 3.17. The Morgan fingerprint density at radius 2 is 1.56 bits per heavy atom. The number of rotatable bonds is 4. The maximum atomic E-state index is 13.3. The van der Waals surface area contributed by atoms with E-state index in [0.717, 1.165) is 25.0 Å². The first-order chi connectivity index (χ1) is 14.7. The van der Waals surface area contributed by atoms with Crippen LogP contribution in [0.1, 0.15) is 56.4 Å². The Hall–Kier alpha value is -3.23. The molecule has 0 atom stereocenters. The number of aryl methyl sites for hydroxylation is 1. The van der Waals surface area contributed by atoms with Crippen molar-refractivity contribution >= 4 is 5.91 Å². The van der Waals surface area contributed by atoms with E-state index in [4.69, 9.17) is 0 Å². The molecule has 1 N–H and O–H groups in total. The van der Waals surface area contributed by atoms with Crippen LogP contribution >= 0.6 is 0 Å². The molecular weight excluding hydrogens is 419 g/mol. The molecule has 0 spiro atoms. The second-order valence-electron chi connectivity index (χ2n) is 9.38. The van der Waals surface area contributed by atoms with Crippen molar-refractivity contribution in [2.45, 2.75) is 58.7 Å². The first kappa shape index (κ1) is 23.4. The Kier molecular flexibility index (Phi) is 5.88. The smallest absolute Gasteiger partial charge is 0.338 e. The van der Waals surface area contributed by atoms with Crippen LogP contribution in [-0.2, 0) is 5.41 Å². The number of nitrogens with zero attached hydrogens (tertiary/aromatic N) is 4. The first-order valence-corrected chi connectivity index (χ1v) is 10.1. The topological polar surface area (TPSA) is 72.7 Å². The molecule has 170 valence electrons. The van der Waals surface area contributed by atoms with E-state index >= 15 is 0 Å². The summed E-state index contributed by atoms with van der Waals surface area (Å²) in [7, 11) is 0. The van der Waals surface area contributed by atoms with Crippen LogP contribution in [0.15, 0.2) is 42.5 Å². The molecule has 0 aliphatic rings. The highest BCUT2D eigenvalue weighted by atomic mass is 19.4. The lowest BCUT2D eigenvalue weighted by atomic mass is 9.95. The van der Waals surface area contributed by atoms with E-state index < -0.39 is 23.0 Å². The van der Waals surface area contributed by atoms with Crippen LogP contribution in [0, 0.1) is 6.92 Å². The minimum atomic E-state index is -4.60. The Morgan fingerprint density at radius 3 is 2.12 bits per heavy atom. The molecule has 0 bridgehead atoms. The van der Waals surface area contributed by atoms with Gasteiger partial charge in [0.05, 0.1) is 5.69 Å². The lowest BCUT2D eigenvalue weighted by Gasteiger charge is -2.29. The van der Waals surface area contributed by atoms with E-state index in [0.29, 0.717) is 17.1 Å². The molecule has 1 heterocycles. The number of hydrogen-bond donors (Lipinski definition) is 1. The van der Waals surface area contributed by atoms with Crippen LogP contribution < -0.4 is 5.32 Å². The van der Waals surface area contributed by atoms with Crippen LogP contribution in [0.25, 0.3) is 16.8 Å². The molecule has 9 heteroatoms. The van der Waals surface area contributed by atoms with E-state index in [1.165, 1.54) is 10.7 Å². The first-order valence-electron chi connectivity index (χ1n) is 10.1. The van der Waals surface area contributed by atoms with Gasteiger partial charge in [0.1, 0.15) is 5.54 Å². The van der Waals surface area contributed by atoms with Crippen molar-refractivity contribution in [2.75, 3.05) is 0 Å². The molecule has 0 saturated heterocycles. The van der Waals surface area contributed by atoms with Crippen molar-refractivity contribution in [3.63, 3.8) is 0 Å². The predicted octanol–water partition coefficient (Wildman–Crippen LogP) is 5.01. The summed E-state index contributed by atoms with van der Waals surface area (Å²) in [6.07, 6.45) is -4.60. The van der Waals surface area contributed by atoms with Crippen LogP contribution in [-0.4, -0.2) is 37.8 Å². The van der Waals surface area contributed by atoms with Crippen LogP contribution in [0.5, 0.6) is 0 Å². The van der Waals surface area contributed by atoms with Gasteiger partial charge in [-0.1, -0.05) is 50.6 Å². The third-order valence-corrected chi connectivity index (χ3v) is 5.08. The van der Waals surface area contributed by atoms with E-state index in [1.54, 1.807) is 6.07 Å². The van der Waals surface area contributed by atoms with Gasteiger partial charge in [0.15, 0.2) is 5.82 Å². The number of benzene rings is 2. The lowest BCUT2D eigenvalue weighted by molar-refractivity contribution is -0.182. The Bertz CT molecular complexity index is 1130. The third-order valence-electron chi connectivity index (χ3n) is 5.08. The fraction of sp³-hybridized carbons (Fsp3) is 0.391. The number of amides is 1. The number of tetrazole rings is 1. The Labute approximate surface area is 184 Å². The van der Waals surface area contributed by atoms with Crippen molar-refractivity contribution in [1.82, 2.24) is 25.5 Å². The van der Waals surface area contributed by atoms with Gasteiger partial charge in [0.2, 0.25) is 0 Å². The molecule has 3 aromatic rings. The zero-order chi connectivity index (χ0) is 23.9. The molecule has 0 aliphatic carbocycles. The van der Waals surface area contributed by atoms with E-state index in [9.17, 15) is 18.0 Å². The third kappa shape index (κ3) is 4.81. The van der Waals surface area contributed by atoms with Gasteiger partial charge in [0, 0.05) is 11.0 Å². The Balaban J connectivity index is 2.15. The summed E-state index contributed by atoms with van der Waals surface area (Å²) in [6, 6.07) is 12.5. The largest absolute Gasteiger partial charge is 0.410 e. The maximum Gasteiger partial charge on any atom is 0.410 e. The predicted molar refractivity (Wildman–Crippen MR) is 116 cm³/mol. The normalized spacial score (nSPS) is 12.7. The molecule has 0 saturated carbocycles. The second kappa shape index (κ2) is 8.03.